The zero-order chi connectivity index (χ0) is 10.8. The van der Waals surface area contributed by atoms with Gasteiger partial charge in [-0.15, -0.1) is 0 Å². The van der Waals surface area contributed by atoms with Gasteiger partial charge in [0.15, 0.2) is 0 Å². The summed E-state index contributed by atoms with van der Waals surface area (Å²) in [6.45, 7) is 7.81. The van der Waals surface area contributed by atoms with E-state index in [-0.39, 0.29) is 17.6 Å². The van der Waals surface area contributed by atoms with Gasteiger partial charge in [-0.25, -0.2) is 0 Å². The highest BCUT2D eigenvalue weighted by molar-refractivity contribution is 5.76. The lowest BCUT2D eigenvalue weighted by atomic mass is 9.99. The second-order valence-corrected chi connectivity index (χ2v) is 5.08. The van der Waals surface area contributed by atoms with E-state index in [9.17, 15) is 4.79 Å². The predicted molar refractivity (Wildman–Crippen MR) is 56.1 cm³/mol. The van der Waals surface area contributed by atoms with Crippen LogP contribution in [0, 0.1) is 0 Å². The fourth-order valence-corrected chi connectivity index (χ4v) is 1.70. The summed E-state index contributed by atoms with van der Waals surface area (Å²) in [5, 5.41) is 3.26. The topological polar surface area (TPSA) is 38.3 Å². The molecule has 0 radical (unpaired) electrons. The van der Waals surface area contributed by atoms with E-state index in [1.807, 2.05) is 20.8 Å². The number of ether oxygens (including phenoxy) is 1. The van der Waals surface area contributed by atoms with Gasteiger partial charge in [-0.2, -0.15) is 0 Å². The SMILES string of the molecule is C[C@H]1CCC[C@H](C(=O)OC(C)(C)C)N1. The highest BCUT2D eigenvalue weighted by Gasteiger charge is 2.28. The minimum Gasteiger partial charge on any atom is -0.459 e. The molecule has 1 fully saturated rings. The normalized spacial score (nSPS) is 28.6. The third-order valence-corrected chi connectivity index (χ3v) is 2.31. The molecule has 1 rings (SSSR count). The second-order valence-electron chi connectivity index (χ2n) is 5.08. The summed E-state index contributed by atoms with van der Waals surface area (Å²) in [6.07, 6.45) is 3.16. The number of nitrogens with one attached hydrogen (secondary N) is 1. The summed E-state index contributed by atoms with van der Waals surface area (Å²) < 4.78 is 5.32. The summed E-state index contributed by atoms with van der Waals surface area (Å²) in [4.78, 5) is 11.7. The molecule has 0 aromatic rings. The predicted octanol–water partition coefficient (Wildman–Crippen LogP) is 1.86. The Morgan fingerprint density at radius 3 is 2.50 bits per heavy atom. The zero-order valence-electron chi connectivity index (χ0n) is 9.59. The number of piperidine rings is 1. The Kier molecular flexibility index (Phi) is 3.53. The molecule has 1 heterocycles. The van der Waals surface area contributed by atoms with Gasteiger partial charge >= 0.3 is 5.97 Å². The largest absolute Gasteiger partial charge is 0.459 e. The molecule has 1 aliphatic heterocycles. The molecule has 3 heteroatoms. The number of rotatable bonds is 1. The van der Waals surface area contributed by atoms with Gasteiger partial charge in [0.05, 0.1) is 0 Å². The van der Waals surface area contributed by atoms with Gasteiger partial charge in [0.25, 0.3) is 0 Å². The molecular formula is C11H21NO2. The zero-order valence-corrected chi connectivity index (χ0v) is 9.59. The average molecular weight is 199 g/mol. The van der Waals surface area contributed by atoms with Crippen molar-refractivity contribution in [3.05, 3.63) is 0 Å². The van der Waals surface area contributed by atoms with E-state index in [0.717, 1.165) is 19.3 Å². The molecule has 0 saturated carbocycles. The molecule has 1 N–H and O–H groups in total. The molecule has 82 valence electrons. The van der Waals surface area contributed by atoms with Crippen molar-refractivity contribution in [2.45, 2.75) is 64.6 Å². The molecule has 1 aliphatic rings. The molecule has 0 aromatic heterocycles. The quantitative estimate of drug-likeness (QED) is 0.655. The Labute approximate surface area is 86.2 Å². The molecule has 0 amide bonds. The molecule has 0 bridgehead atoms. The summed E-state index contributed by atoms with van der Waals surface area (Å²) in [5.74, 6) is -0.107. The number of carbonyl (C=O) groups is 1. The standard InChI is InChI=1S/C11H21NO2/c1-8-6-5-7-9(12-8)10(13)14-11(2,3)4/h8-9,12H,5-7H2,1-4H3/t8-,9+/m0/s1. The van der Waals surface area contributed by atoms with Crippen LogP contribution in [0.4, 0.5) is 0 Å². The van der Waals surface area contributed by atoms with Gasteiger partial charge in [-0.3, -0.25) is 4.79 Å². The minimum atomic E-state index is -0.376. The molecular weight excluding hydrogens is 178 g/mol. The van der Waals surface area contributed by atoms with E-state index in [4.69, 9.17) is 4.74 Å². The van der Waals surface area contributed by atoms with E-state index in [1.165, 1.54) is 0 Å². The van der Waals surface area contributed by atoms with Crippen molar-refractivity contribution in [1.82, 2.24) is 5.32 Å². The lowest BCUT2D eigenvalue weighted by Gasteiger charge is -2.30. The molecule has 2 atom stereocenters. The van der Waals surface area contributed by atoms with E-state index in [0.29, 0.717) is 6.04 Å². The highest BCUT2D eigenvalue weighted by Crippen LogP contribution is 2.16. The first-order valence-electron chi connectivity index (χ1n) is 5.37. The first-order valence-corrected chi connectivity index (χ1v) is 5.37. The fraction of sp³-hybridized carbons (Fsp3) is 0.909. The lowest BCUT2D eigenvalue weighted by Crippen LogP contribution is -2.47. The Morgan fingerprint density at radius 1 is 1.36 bits per heavy atom. The van der Waals surface area contributed by atoms with Gasteiger partial charge in [0.1, 0.15) is 11.6 Å². The lowest BCUT2D eigenvalue weighted by molar-refractivity contribution is -0.158. The number of hydrogen-bond donors (Lipinski definition) is 1. The van der Waals surface area contributed by atoms with E-state index in [2.05, 4.69) is 12.2 Å². The van der Waals surface area contributed by atoms with Gasteiger partial charge in [-0.05, 0) is 47.0 Å². The monoisotopic (exact) mass is 199 g/mol. The van der Waals surface area contributed by atoms with Crippen LogP contribution in [-0.2, 0) is 9.53 Å². The Hall–Kier alpha value is -0.570. The van der Waals surface area contributed by atoms with Gasteiger partial charge in [-0.1, -0.05) is 0 Å². The number of carbonyl (C=O) groups excluding carboxylic acids is 1. The van der Waals surface area contributed by atoms with Crippen LogP contribution < -0.4 is 5.32 Å². The average Bonchev–Trinajstić information content (AvgIpc) is 2.01. The maximum atomic E-state index is 11.7. The van der Waals surface area contributed by atoms with Crippen molar-refractivity contribution < 1.29 is 9.53 Å². The molecule has 3 nitrogen and oxygen atoms in total. The summed E-state index contributed by atoms with van der Waals surface area (Å²) in [5.41, 5.74) is -0.376. The minimum absolute atomic E-state index is 0.0991. The summed E-state index contributed by atoms with van der Waals surface area (Å²) >= 11 is 0. The van der Waals surface area contributed by atoms with Crippen LogP contribution in [0.3, 0.4) is 0 Å². The van der Waals surface area contributed by atoms with Gasteiger partial charge in [0, 0.05) is 6.04 Å². The molecule has 0 unspecified atom stereocenters. The van der Waals surface area contributed by atoms with Crippen molar-refractivity contribution in [1.29, 1.82) is 0 Å². The maximum Gasteiger partial charge on any atom is 0.323 e. The molecule has 14 heavy (non-hydrogen) atoms. The van der Waals surface area contributed by atoms with E-state index >= 15 is 0 Å². The first-order chi connectivity index (χ1) is 6.38. The molecule has 0 aromatic carbocycles. The number of esters is 1. The van der Waals surface area contributed by atoms with Crippen LogP contribution in [0.25, 0.3) is 0 Å². The summed E-state index contributed by atoms with van der Waals surface area (Å²) in [7, 11) is 0. The molecule has 0 spiro atoms. The van der Waals surface area contributed by atoms with Crippen molar-refractivity contribution in [2.75, 3.05) is 0 Å². The van der Waals surface area contributed by atoms with Crippen LogP contribution in [0.2, 0.25) is 0 Å². The van der Waals surface area contributed by atoms with Crippen molar-refractivity contribution in [3.8, 4) is 0 Å². The van der Waals surface area contributed by atoms with Crippen LogP contribution in [0.1, 0.15) is 47.0 Å². The fourth-order valence-electron chi connectivity index (χ4n) is 1.70. The van der Waals surface area contributed by atoms with Crippen LogP contribution >= 0.6 is 0 Å². The smallest absolute Gasteiger partial charge is 0.323 e. The third kappa shape index (κ3) is 3.66. The maximum absolute atomic E-state index is 11.7. The molecule has 0 aliphatic carbocycles. The Balaban J connectivity index is 2.44. The second kappa shape index (κ2) is 4.30. The number of hydrogen-bond acceptors (Lipinski definition) is 3. The van der Waals surface area contributed by atoms with Crippen LogP contribution in [0.15, 0.2) is 0 Å². The van der Waals surface area contributed by atoms with Crippen molar-refractivity contribution in [3.63, 3.8) is 0 Å². The third-order valence-electron chi connectivity index (χ3n) is 2.31. The van der Waals surface area contributed by atoms with Gasteiger partial charge < -0.3 is 10.1 Å². The van der Waals surface area contributed by atoms with E-state index < -0.39 is 0 Å². The van der Waals surface area contributed by atoms with Crippen molar-refractivity contribution >= 4 is 5.97 Å². The Bertz CT molecular complexity index is 208. The molecule has 1 saturated heterocycles. The summed E-state index contributed by atoms with van der Waals surface area (Å²) in [6, 6.07) is 0.333. The van der Waals surface area contributed by atoms with Crippen LogP contribution in [-0.4, -0.2) is 23.7 Å². The highest BCUT2D eigenvalue weighted by atomic mass is 16.6. The van der Waals surface area contributed by atoms with Gasteiger partial charge in [0.2, 0.25) is 0 Å². The first kappa shape index (κ1) is 11.5. The Morgan fingerprint density at radius 2 is 2.00 bits per heavy atom. The van der Waals surface area contributed by atoms with Crippen LogP contribution in [0.5, 0.6) is 0 Å². The van der Waals surface area contributed by atoms with E-state index in [1.54, 1.807) is 0 Å². The van der Waals surface area contributed by atoms with Crippen molar-refractivity contribution in [2.24, 2.45) is 0 Å².